The molecular weight excluding hydrogens is 268 g/mol. The highest BCUT2D eigenvalue weighted by atomic mass is 35.5. The normalized spacial score (nSPS) is 22.9. The Balaban J connectivity index is 1.42. The fraction of sp³-hybridized carbons (Fsp3) is 0.647. The molecule has 1 aliphatic heterocycles. The summed E-state index contributed by atoms with van der Waals surface area (Å²) >= 11 is 5.93. The minimum absolute atomic E-state index is 0.536. The molecule has 1 saturated carbocycles. The molecule has 0 spiro atoms. The first-order chi connectivity index (χ1) is 9.70. The maximum absolute atomic E-state index is 5.93. The van der Waals surface area contributed by atoms with Gasteiger partial charge in [0.2, 0.25) is 0 Å². The molecule has 1 aliphatic carbocycles. The highest BCUT2D eigenvalue weighted by molar-refractivity contribution is 6.30. The first-order valence-corrected chi connectivity index (χ1v) is 8.33. The van der Waals surface area contributed by atoms with Gasteiger partial charge in [0.05, 0.1) is 0 Å². The number of piperidine rings is 1. The van der Waals surface area contributed by atoms with E-state index in [4.69, 9.17) is 11.6 Å². The molecule has 2 fully saturated rings. The van der Waals surface area contributed by atoms with E-state index in [0.29, 0.717) is 12.1 Å². The molecule has 3 heteroatoms. The van der Waals surface area contributed by atoms with E-state index in [1.54, 1.807) is 0 Å². The lowest BCUT2D eigenvalue weighted by Crippen LogP contribution is -2.46. The summed E-state index contributed by atoms with van der Waals surface area (Å²) in [5.74, 6) is 0. The lowest BCUT2D eigenvalue weighted by atomic mass is 10.0. The Morgan fingerprint density at radius 3 is 2.40 bits per heavy atom. The first-order valence-electron chi connectivity index (χ1n) is 7.95. The number of rotatable bonds is 5. The van der Waals surface area contributed by atoms with Gasteiger partial charge in [-0.25, -0.2) is 0 Å². The van der Waals surface area contributed by atoms with Crippen molar-refractivity contribution < 1.29 is 0 Å². The van der Waals surface area contributed by atoms with Crippen LogP contribution in [-0.4, -0.2) is 36.1 Å². The van der Waals surface area contributed by atoms with Gasteiger partial charge in [0.25, 0.3) is 0 Å². The summed E-state index contributed by atoms with van der Waals surface area (Å²) in [6, 6.07) is 10.4. The van der Waals surface area contributed by atoms with Crippen LogP contribution >= 0.6 is 11.6 Å². The molecule has 2 aliphatic rings. The maximum Gasteiger partial charge on any atom is 0.0406 e. The molecule has 1 saturated heterocycles. The molecule has 3 rings (SSSR count). The van der Waals surface area contributed by atoms with Crippen molar-refractivity contribution in [2.24, 2.45) is 0 Å². The molecule has 1 unspecified atom stereocenters. The monoisotopic (exact) mass is 292 g/mol. The van der Waals surface area contributed by atoms with Crippen LogP contribution in [0.25, 0.3) is 0 Å². The standard InChI is InChI=1S/C17H25ClN2/c1-13(12-14-2-4-15(18)5-3-14)19-16-8-10-20(11-9-16)17-6-7-17/h2-5,13,16-17,19H,6-12H2,1H3. The summed E-state index contributed by atoms with van der Waals surface area (Å²) < 4.78 is 0. The molecule has 1 atom stereocenters. The Morgan fingerprint density at radius 2 is 1.80 bits per heavy atom. The molecule has 0 bridgehead atoms. The van der Waals surface area contributed by atoms with Gasteiger partial charge in [-0.2, -0.15) is 0 Å². The molecule has 1 heterocycles. The predicted octanol–water partition coefficient (Wildman–Crippen LogP) is 3.49. The van der Waals surface area contributed by atoms with Gasteiger partial charge in [-0.15, -0.1) is 0 Å². The summed E-state index contributed by atoms with van der Waals surface area (Å²) in [7, 11) is 0. The van der Waals surface area contributed by atoms with Crippen molar-refractivity contribution in [2.75, 3.05) is 13.1 Å². The smallest absolute Gasteiger partial charge is 0.0406 e. The van der Waals surface area contributed by atoms with Crippen molar-refractivity contribution in [1.29, 1.82) is 0 Å². The fourth-order valence-corrected chi connectivity index (χ4v) is 3.43. The second kappa shape index (κ2) is 6.46. The van der Waals surface area contributed by atoms with Crippen molar-refractivity contribution in [3.05, 3.63) is 34.9 Å². The minimum atomic E-state index is 0.536. The number of nitrogens with zero attached hydrogens (tertiary/aromatic N) is 1. The Hall–Kier alpha value is -0.570. The molecule has 0 radical (unpaired) electrons. The highest BCUT2D eigenvalue weighted by Gasteiger charge is 2.31. The summed E-state index contributed by atoms with van der Waals surface area (Å²) in [6.07, 6.45) is 6.57. The quantitative estimate of drug-likeness (QED) is 0.894. The average molecular weight is 293 g/mol. The van der Waals surface area contributed by atoms with Crippen molar-refractivity contribution >= 4 is 11.6 Å². The zero-order valence-electron chi connectivity index (χ0n) is 12.3. The Kier molecular flexibility index (Phi) is 4.65. The topological polar surface area (TPSA) is 15.3 Å². The van der Waals surface area contributed by atoms with E-state index in [1.807, 2.05) is 12.1 Å². The number of nitrogens with one attached hydrogen (secondary N) is 1. The van der Waals surface area contributed by atoms with Gasteiger partial charge >= 0.3 is 0 Å². The lowest BCUT2D eigenvalue weighted by molar-refractivity contribution is 0.184. The molecule has 0 aromatic heterocycles. The van der Waals surface area contributed by atoms with Crippen LogP contribution in [-0.2, 0) is 6.42 Å². The van der Waals surface area contributed by atoms with Crippen molar-refractivity contribution in [3.63, 3.8) is 0 Å². The van der Waals surface area contributed by atoms with Crippen LogP contribution in [0.2, 0.25) is 5.02 Å². The molecule has 1 N–H and O–H groups in total. The van der Waals surface area contributed by atoms with Gasteiger partial charge in [0.1, 0.15) is 0 Å². The van der Waals surface area contributed by atoms with Gasteiger partial charge in [-0.05, 0) is 69.8 Å². The van der Waals surface area contributed by atoms with E-state index >= 15 is 0 Å². The maximum atomic E-state index is 5.93. The number of hydrogen-bond donors (Lipinski definition) is 1. The van der Waals surface area contributed by atoms with Crippen LogP contribution in [0.3, 0.4) is 0 Å². The third kappa shape index (κ3) is 3.97. The number of likely N-dealkylation sites (tertiary alicyclic amines) is 1. The van der Waals surface area contributed by atoms with Gasteiger partial charge in [0, 0.05) is 23.1 Å². The van der Waals surface area contributed by atoms with Crippen LogP contribution in [0, 0.1) is 0 Å². The second-order valence-corrected chi connectivity index (χ2v) is 6.88. The summed E-state index contributed by atoms with van der Waals surface area (Å²) in [6.45, 7) is 4.87. The highest BCUT2D eigenvalue weighted by Crippen LogP contribution is 2.29. The summed E-state index contributed by atoms with van der Waals surface area (Å²) in [5.41, 5.74) is 1.37. The SMILES string of the molecule is CC(Cc1ccc(Cl)cc1)NC1CCN(C2CC2)CC1. The lowest BCUT2D eigenvalue weighted by Gasteiger charge is -2.34. The van der Waals surface area contributed by atoms with Crippen LogP contribution in [0.4, 0.5) is 0 Å². The minimum Gasteiger partial charge on any atom is -0.311 e. The summed E-state index contributed by atoms with van der Waals surface area (Å²) in [5, 5.41) is 4.62. The molecule has 0 amide bonds. The third-order valence-electron chi connectivity index (χ3n) is 4.57. The van der Waals surface area contributed by atoms with E-state index in [2.05, 4.69) is 29.3 Å². The van der Waals surface area contributed by atoms with Crippen LogP contribution in [0.1, 0.15) is 38.2 Å². The summed E-state index contributed by atoms with van der Waals surface area (Å²) in [4.78, 5) is 2.68. The van der Waals surface area contributed by atoms with Crippen LogP contribution in [0.15, 0.2) is 24.3 Å². The van der Waals surface area contributed by atoms with Crippen molar-refractivity contribution in [1.82, 2.24) is 10.2 Å². The zero-order chi connectivity index (χ0) is 13.9. The van der Waals surface area contributed by atoms with Crippen molar-refractivity contribution in [2.45, 2.75) is 57.2 Å². The van der Waals surface area contributed by atoms with E-state index in [0.717, 1.165) is 17.5 Å². The zero-order valence-corrected chi connectivity index (χ0v) is 13.1. The average Bonchev–Trinajstić information content (AvgIpc) is 3.27. The van der Waals surface area contributed by atoms with Gasteiger partial charge in [-0.3, -0.25) is 0 Å². The van der Waals surface area contributed by atoms with Gasteiger partial charge in [-0.1, -0.05) is 23.7 Å². The Bertz CT molecular complexity index is 419. The second-order valence-electron chi connectivity index (χ2n) is 6.44. The number of hydrogen-bond acceptors (Lipinski definition) is 2. The Labute approximate surface area is 127 Å². The van der Waals surface area contributed by atoms with Gasteiger partial charge in [0.15, 0.2) is 0 Å². The van der Waals surface area contributed by atoms with Crippen LogP contribution in [0.5, 0.6) is 0 Å². The largest absolute Gasteiger partial charge is 0.311 e. The molecule has 1 aromatic rings. The Morgan fingerprint density at radius 1 is 1.15 bits per heavy atom. The van der Waals surface area contributed by atoms with E-state index < -0.39 is 0 Å². The third-order valence-corrected chi connectivity index (χ3v) is 4.82. The first kappa shape index (κ1) is 14.4. The molecule has 1 aromatic carbocycles. The number of benzene rings is 1. The number of halogens is 1. The molecule has 2 nitrogen and oxygen atoms in total. The fourth-order valence-electron chi connectivity index (χ4n) is 3.31. The van der Waals surface area contributed by atoms with E-state index in [-0.39, 0.29) is 0 Å². The predicted molar refractivity (Wildman–Crippen MR) is 85.4 cm³/mol. The van der Waals surface area contributed by atoms with Crippen LogP contribution < -0.4 is 5.32 Å². The molecule has 20 heavy (non-hydrogen) atoms. The van der Waals surface area contributed by atoms with Crippen molar-refractivity contribution in [3.8, 4) is 0 Å². The van der Waals surface area contributed by atoms with E-state index in [1.165, 1.54) is 44.3 Å². The molecular formula is C17H25ClN2. The van der Waals surface area contributed by atoms with E-state index in [9.17, 15) is 0 Å². The van der Waals surface area contributed by atoms with Gasteiger partial charge < -0.3 is 10.2 Å². The molecule has 110 valence electrons.